The molecule has 0 aliphatic carbocycles. The van der Waals surface area contributed by atoms with Crippen LogP contribution in [-0.4, -0.2) is 42.3 Å². The molecular formula is C16H22N2O. The molecule has 0 unspecified atom stereocenters. The number of aryl methyl sites for hydroxylation is 2. The Morgan fingerprint density at radius 3 is 2.84 bits per heavy atom. The van der Waals surface area contributed by atoms with Gasteiger partial charge in [0.25, 0.3) is 0 Å². The number of nitrogens with zero attached hydrogens (tertiary/aromatic N) is 2. The number of hydrogen-bond acceptors (Lipinski definition) is 2. The Morgan fingerprint density at radius 2 is 2.00 bits per heavy atom. The molecule has 1 fully saturated rings. The van der Waals surface area contributed by atoms with Crippen molar-refractivity contribution < 1.29 is 4.74 Å². The Balaban J connectivity index is 1.62. The summed E-state index contributed by atoms with van der Waals surface area (Å²) < 4.78 is 7.58. The van der Waals surface area contributed by atoms with Crippen LogP contribution < -0.4 is 0 Å². The highest BCUT2D eigenvalue weighted by molar-refractivity contribution is 5.83. The summed E-state index contributed by atoms with van der Waals surface area (Å²) in [6.07, 6.45) is 4.54. The summed E-state index contributed by atoms with van der Waals surface area (Å²) in [7, 11) is 2.11. The maximum atomic E-state index is 5.38. The fourth-order valence-corrected chi connectivity index (χ4v) is 2.90. The molecule has 0 N–H and O–H groups in total. The number of benzene rings is 1. The molecule has 19 heavy (non-hydrogen) atoms. The molecule has 2 heterocycles. The molecule has 2 aromatic rings. The largest absolute Gasteiger partial charge is 0.379 e. The first-order valence-corrected chi connectivity index (χ1v) is 7.17. The van der Waals surface area contributed by atoms with E-state index in [1.165, 1.54) is 35.9 Å². The van der Waals surface area contributed by atoms with Gasteiger partial charge in [-0.3, -0.25) is 4.90 Å². The van der Waals surface area contributed by atoms with E-state index >= 15 is 0 Å². The number of aromatic nitrogens is 1. The first-order chi connectivity index (χ1) is 9.34. The molecule has 0 radical (unpaired) electrons. The van der Waals surface area contributed by atoms with E-state index in [1.807, 2.05) is 0 Å². The number of rotatable bonds is 4. The number of hydrogen-bond donors (Lipinski definition) is 0. The van der Waals surface area contributed by atoms with Gasteiger partial charge in [0.15, 0.2) is 0 Å². The predicted octanol–water partition coefficient (Wildman–Crippen LogP) is 2.44. The Hall–Kier alpha value is -1.32. The van der Waals surface area contributed by atoms with Gasteiger partial charge < -0.3 is 9.30 Å². The third-order valence-corrected chi connectivity index (χ3v) is 4.04. The van der Waals surface area contributed by atoms with Gasteiger partial charge in [-0.2, -0.15) is 0 Å². The van der Waals surface area contributed by atoms with Crippen molar-refractivity contribution in [2.75, 3.05) is 32.8 Å². The van der Waals surface area contributed by atoms with Crippen LogP contribution in [0.2, 0.25) is 0 Å². The third kappa shape index (κ3) is 2.82. The van der Waals surface area contributed by atoms with Crippen molar-refractivity contribution in [3.8, 4) is 0 Å². The number of ether oxygens (including phenoxy) is 1. The lowest BCUT2D eigenvalue weighted by Crippen LogP contribution is -2.36. The molecule has 0 amide bonds. The molecule has 1 aliphatic heterocycles. The second-order valence-electron chi connectivity index (χ2n) is 5.33. The summed E-state index contributed by atoms with van der Waals surface area (Å²) in [6, 6.07) is 8.87. The summed E-state index contributed by atoms with van der Waals surface area (Å²) in [5.41, 5.74) is 2.82. The second kappa shape index (κ2) is 5.76. The van der Waals surface area contributed by atoms with Gasteiger partial charge >= 0.3 is 0 Å². The van der Waals surface area contributed by atoms with E-state index in [2.05, 4.69) is 47.0 Å². The number of fused-ring (bicyclic) bond motifs is 1. The molecule has 0 atom stereocenters. The van der Waals surface area contributed by atoms with Gasteiger partial charge in [0.05, 0.1) is 13.2 Å². The monoisotopic (exact) mass is 258 g/mol. The van der Waals surface area contributed by atoms with E-state index in [4.69, 9.17) is 4.74 Å². The van der Waals surface area contributed by atoms with Crippen LogP contribution in [0.1, 0.15) is 12.0 Å². The molecule has 1 aliphatic rings. The Kier molecular flexibility index (Phi) is 3.85. The average Bonchev–Trinajstić information content (AvgIpc) is 2.83. The minimum absolute atomic E-state index is 0.897. The quantitative estimate of drug-likeness (QED) is 0.838. The first kappa shape index (κ1) is 12.7. The minimum atomic E-state index is 0.897. The Labute approximate surface area is 114 Å². The lowest BCUT2D eigenvalue weighted by Gasteiger charge is -2.26. The Bertz CT molecular complexity index is 541. The van der Waals surface area contributed by atoms with E-state index in [9.17, 15) is 0 Å². The van der Waals surface area contributed by atoms with Crippen molar-refractivity contribution >= 4 is 10.9 Å². The van der Waals surface area contributed by atoms with Crippen molar-refractivity contribution in [1.29, 1.82) is 0 Å². The fourth-order valence-electron chi connectivity index (χ4n) is 2.90. The van der Waals surface area contributed by atoms with Crippen molar-refractivity contribution in [3.63, 3.8) is 0 Å². The second-order valence-corrected chi connectivity index (χ2v) is 5.33. The van der Waals surface area contributed by atoms with Crippen LogP contribution in [-0.2, 0) is 18.2 Å². The van der Waals surface area contributed by atoms with Crippen LogP contribution in [0.25, 0.3) is 10.9 Å². The van der Waals surface area contributed by atoms with Crippen molar-refractivity contribution in [2.24, 2.45) is 7.05 Å². The lowest BCUT2D eigenvalue weighted by atomic mass is 10.1. The van der Waals surface area contributed by atoms with E-state index in [-0.39, 0.29) is 0 Å². The van der Waals surface area contributed by atoms with Crippen LogP contribution >= 0.6 is 0 Å². The molecular weight excluding hydrogens is 236 g/mol. The molecule has 1 aromatic heterocycles. The highest BCUT2D eigenvalue weighted by Crippen LogP contribution is 2.20. The zero-order valence-corrected chi connectivity index (χ0v) is 11.6. The summed E-state index contributed by atoms with van der Waals surface area (Å²) in [4.78, 5) is 2.51. The van der Waals surface area contributed by atoms with Gasteiger partial charge in [0, 0.05) is 37.2 Å². The summed E-state index contributed by atoms with van der Waals surface area (Å²) in [6.45, 7) is 5.17. The maximum absolute atomic E-state index is 5.38. The molecule has 102 valence electrons. The average molecular weight is 258 g/mol. The van der Waals surface area contributed by atoms with Crippen LogP contribution in [0.15, 0.2) is 30.5 Å². The minimum Gasteiger partial charge on any atom is -0.379 e. The highest BCUT2D eigenvalue weighted by Gasteiger charge is 2.10. The molecule has 3 nitrogen and oxygen atoms in total. The number of morpholine rings is 1. The zero-order valence-electron chi connectivity index (χ0n) is 11.6. The predicted molar refractivity (Wildman–Crippen MR) is 78.5 cm³/mol. The summed E-state index contributed by atoms with van der Waals surface area (Å²) in [5.74, 6) is 0. The zero-order chi connectivity index (χ0) is 13.1. The fraction of sp³-hybridized carbons (Fsp3) is 0.500. The molecule has 1 aromatic carbocycles. The molecule has 0 saturated carbocycles. The van der Waals surface area contributed by atoms with Crippen molar-refractivity contribution in [1.82, 2.24) is 9.47 Å². The van der Waals surface area contributed by atoms with Crippen LogP contribution in [0, 0.1) is 0 Å². The first-order valence-electron chi connectivity index (χ1n) is 7.17. The van der Waals surface area contributed by atoms with E-state index < -0.39 is 0 Å². The summed E-state index contributed by atoms with van der Waals surface area (Å²) >= 11 is 0. The topological polar surface area (TPSA) is 17.4 Å². The van der Waals surface area contributed by atoms with E-state index in [0.717, 1.165) is 26.3 Å². The van der Waals surface area contributed by atoms with Gasteiger partial charge in [-0.15, -0.1) is 0 Å². The van der Waals surface area contributed by atoms with Gasteiger partial charge in [-0.25, -0.2) is 0 Å². The molecule has 1 saturated heterocycles. The van der Waals surface area contributed by atoms with Gasteiger partial charge in [0.2, 0.25) is 0 Å². The molecule has 3 rings (SSSR count). The maximum Gasteiger partial charge on any atom is 0.0594 e. The normalized spacial score (nSPS) is 17.1. The molecule has 0 bridgehead atoms. The SMILES string of the molecule is Cn1ccc2c(CCCN3CCOCC3)cccc21. The van der Waals surface area contributed by atoms with Crippen molar-refractivity contribution in [2.45, 2.75) is 12.8 Å². The van der Waals surface area contributed by atoms with E-state index in [1.54, 1.807) is 0 Å². The molecule has 0 spiro atoms. The van der Waals surface area contributed by atoms with E-state index in [0.29, 0.717) is 0 Å². The third-order valence-electron chi connectivity index (χ3n) is 4.04. The van der Waals surface area contributed by atoms with Gasteiger partial charge in [-0.05, 0) is 37.1 Å². The van der Waals surface area contributed by atoms with Gasteiger partial charge in [0.1, 0.15) is 0 Å². The standard InChI is InChI=1S/C16H22N2O/c1-17-9-7-15-14(4-2-6-16(15)17)5-3-8-18-10-12-19-13-11-18/h2,4,6-7,9H,3,5,8,10-13H2,1H3. The van der Waals surface area contributed by atoms with Crippen LogP contribution in [0.4, 0.5) is 0 Å². The molecule has 3 heteroatoms. The lowest BCUT2D eigenvalue weighted by molar-refractivity contribution is 0.0375. The Morgan fingerprint density at radius 1 is 1.16 bits per heavy atom. The van der Waals surface area contributed by atoms with Crippen molar-refractivity contribution in [3.05, 3.63) is 36.0 Å². The van der Waals surface area contributed by atoms with Gasteiger partial charge in [-0.1, -0.05) is 12.1 Å². The smallest absolute Gasteiger partial charge is 0.0594 e. The van der Waals surface area contributed by atoms with Crippen LogP contribution in [0.3, 0.4) is 0 Å². The van der Waals surface area contributed by atoms with Crippen LogP contribution in [0.5, 0.6) is 0 Å². The summed E-state index contributed by atoms with van der Waals surface area (Å²) in [5, 5.41) is 1.41. The highest BCUT2D eigenvalue weighted by atomic mass is 16.5.